The number of halogens is 2. The molecule has 1 saturated heterocycles. The van der Waals surface area contributed by atoms with Gasteiger partial charge in [-0.2, -0.15) is 0 Å². The summed E-state index contributed by atoms with van der Waals surface area (Å²) in [6.45, 7) is 2.33. The van der Waals surface area contributed by atoms with Crippen molar-refractivity contribution in [3.8, 4) is 0 Å². The molecule has 1 aromatic rings. The Hall–Kier alpha value is -1.34. The Bertz CT molecular complexity index is 592. The normalized spacial score (nSPS) is 21.1. The number of nitrogens with one attached hydrogen (secondary N) is 2. The lowest BCUT2D eigenvalue weighted by Gasteiger charge is -2.40. The number of amides is 1. The van der Waals surface area contributed by atoms with Crippen molar-refractivity contribution in [1.29, 1.82) is 0 Å². The average molecular weight is 417 g/mol. The van der Waals surface area contributed by atoms with Crippen molar-refractivity contribution in [3.63, 3.8) is 0 Å². The Kier molecular flexibility index (Phi) is 10.7. The summed E-state index contributed by atoms with van der Waals surface area (Å²) < 4.78 is 0. The van der Waals surface area contributed by atoms with E-state index in [2.05, 4.69) is 15.2 Å². The van der Waals surface area contributed by atoms with Crippen molar-refractivity contribution >= 4 is 42.6 Å². The van der Waals surface area contributed by atoms with Crippen molar-refractivity contribution in [1.82, 2.24) is 15.4 Å². The monoisotopic (exact) mass is 416 g/mol. The molecule has 1 atom stereocenters. The summed E-state index contributed by atoms with van der Waals surface area (Å²) in [5, 5.41) is 12.0. The lowest BCUT2D eigenvalue weighted by molar-refractivity contribution is -0.124. The van der Waals surface area contributed by atoms with Crippen LogP contribution in [0.5, 0.6) is 0 Å². The number of hydrogen-bond acceptors (Lipinski definition) is 5. The lowest BCUT2D eigenvalue weighted by Crippen LogP contribution is -2.47. The van der Waals surface area contributed by atoms with Crippen molar-refractivity contribution in [2.75, 3.05) is 18.4 Å². The van der Waals surface area contributed by atoms with Gasteiger partial charge in [-0.1, -0.05) is 19.3 Å². The molecule has 3 N–H and O–H groups in total. The average Bonchev–Trinajstić information content (AvgIpc) is 2.68. The number of anilines is 1. The van der Waals surface area contributed by atoms with Gasteiger partial charge in [0.1, 0.15) is 5.82 Å². The maximum Gasteiger partial charge on any atom is 0.267 e. The number of piperidine rings is 1. The first-order valence-corrected chi connectivity index (χ1v) is 9.33. The van der Waals surface area contributed by atoms with Crippen molar-refractivity contribution in [2.45, 2.75) is 57.0 Å². The highest BCUT2D eigenvalue weighted by Gasteiger charge is 2.26. The van der Waals surface area contributed by atoms with Crippen molar-refractivity contribution in [2.24, 2.45) is 0 Å². The number of rotatable bonds is 5. The summed E-state index contributed by atoms with van der Waals surface area (Å²) in [7, 11) is 0. The summed E-state index contributed by atoms with van der Waals surface area (Å²) in [5.41, 5.74) is 2.39. The minimum Gasteiger partial charge on any atom is -0.366 e. The second-order valence-corrected chi connectivity index (χ2v) is 7.06. The molecule has 27 heavy (non-hydrogen) atoms. The van der Waals surface area contributed by atoms with E-state index in [1.165, 1.54) is 57.6 Å². The molecule has 0 radical (unpaired) electrons. The summed E-state index contributed by atoms with van der Waals surface area (Å²) >= 11 is 0. The van der Waals surface area contributed by atoms with Gasteiger partial charge >= 0.3 is 0 Å². The van der Waals surface area contributed by atoms with E-state index in [1.807, 2.05) is 12.1 Å². The quantitative estimate of drug-likeness (QED) is 0.387. The minimum atomic E-state index is -0.549. The molecule has 0 spiro atoms. The molecular formula is C19H30Cl2N4O2. The van der Waals surface area contributed by atoms with E-state index in [-0.39, 0.29) is 24.8 Å². The fourth-order valence-corrected chi connectivity index (χ4v) is 3.91. The van der Waals surface area contributed by atoms with Crippen molar-refractivity contribution in [3.05, 3.63) is 30.0 Å². The summed E-state index contributed by atoms with van der Waals surface area (Å²) in [5.74, 6) is 0.325. The van der Waals surface area contributed by atoms with Crippen LogP contribution < -0.4 is 10.8 Å². The van der Waals surface area contributed by atoms with Gasteiger partial charge in [0.25, 0.3) is 5.91 Å². The predicted molar refractivity (Wildman–Crippen MR) is 113 cm³/mol. The molecule has 2 aliphatic rings. The molecule has 3 rings (SSSR count). The largest absolute Gasteiger partial charge is 0.366 e. The number of aromatic nitrogens is 1. The number of hydroxylamine groups is 1. The van der Waals surface area contributed by atoms with Gasteiger partial charge in [0.05, 0.1) is 0 Å². The van der Waals surface area contributed by atoms with Crippen LogP contribution in [0.25, 0.3) is 6.08 Å². The second kappa shape index (κ2) is 12.2. The summed E-state index contributed by atoms with van der Waals surface area (Å²) in [6.07, 6.45) is 13.9. The van der Waals surface area contributed by atoms with E-state index in [0.29, 0.717) is 6.04 Å². The zero-order chi connectivity index (χ0) is 17.5. The maximum absolute atomic E-state index is 11.0. The third-order valence-electron chi connectivity index (χ3n) is 5.22. The number of carbonyl (C=O) groups is 1. The van der Waals surface area contributed by atoms with Crippen LogP contribution in [0.2, 0.25) is 0 Å². The van der Waals surface area contributed by atoms with Gasteiger partial charge in [-0.15, -0.1) is 24.8 Å². The molecule has 8 heteroatoms. The first-order chi connectivity index (χ1) is 12.2. The highest BCUT2D eigenvalue weighted by molar-refractivity contribution is 5.90. The second-order valence-electron chi connectivity index (χ2n) is 7.06. The highest BCUT2D eigenvalue weighted by atomic mass is 35.5. The molecule has 0 bridgehead atoms. The van der Waals surface area contributed by atoms with Gasteiger partial charge in [0, 0.05) is 30.9 Å². The fraction of sp³-hybridized carbons (Fsp3) is 0.579. The number of pyridine rings is 1. The molecular weight excluding hydrogens is 387 g/mol. The Morgan fingerprint density at radius 2 is 1.93 bits per heavy atom. The lowest BCUT2D eigenvalue weighted by atomic mass is 9.92. The molecule has 152 valence electrons. The van der Waals surface area contributed by atoms with Crippen LogP contribution in [0, 0.1) is 0 Å². The molecule has 1 amide bonds. The van der Waals surface area contributed by atoms with E-state index in [4.69, 9.17) is 5.21 Å². The molecule has 1 aliphatic heterocycles. The van der Waals surface area contributed by atoms with E-state index >= 15 is 0 Å². The number of carbonyl (C=O) groups excluding carboxylic acids is 1. The Labute approximate surface area is 173 Å². The molecule has 0 aromatic carbocycles. The number of hydrogen-bond donors (Lipinski definition) is 3. The van der Waals surface area contributed by atoms with Crippen LogP contribution >= 0.6 is 24.8 Å². The van der Waals surface area contributed by atoms with E-state index < -0.39 is 5.91 Å². The summed E-state index contributed by atoms with van der Waals surface area (Å²) in [4.78, 5) is 18.1. The van der Waals surface area contributed by atoms with Gasteiger partial charge < -0.3 is 5.32 Å². The number of nitrogens with zero attached hydrogens (tertiary/aromatic N) is 2. The van der Waals surface area contributed by atoms with Crippen molar-refractivity contribution < 1.29 is 10.0 Å². The highest BCUT2D eigenvalue weighted by Crippen LogP contribution is 2.26. The molecule has 2 heterocycles. The van der Waals surface area contributed by atoms with Crippen LogP contribution in [0.4, 0.5) is 5.82 Å². The Morgan fingerprint density at radius 1 is 1.15 bits per heavy atom. The molecule has 6 nitrogen and oxygen atoms in total. The van der Waals surface area contributed by atoms with Crippen LogP contribution in [0.1, 0.15) is 50.5 Å². The fourth-order valence-electron chi connectivity index (χ4n) is 3.91. The van der Waals surface area contributed by atoms with Gasteiger partial charge in [-0.3, -0.25) is 14.9 Å². The zero-order valence-corrected chi connectivity index (χ0v) is 17.1. The first-order valence-electron chi connectivity index (χ1n) is 9.33. The molecule has 2 fully saturated rings. The molecule has 1 aromatic heterocycles. The first kappa shape index (κ1) is 23.7. The Morgan fingerprint density at radius 3 is 2.59 bits per heavy atom. The van der Waals surface area contributed by atoms with E-state index in [9.17, 15) is 4.79 Å². The van der Waals surface area contributed by atoms with E-state index in [1.54, 1.807) is 17.8 Å². The van der Waals surface area contributed by atoms with Gasteiger partial charge in [-0.05, 0) is 56.0 Å². The van der Waals surface area contributed by atoms with Crippen LogP contribution in [-0.4, -0.2) is 46.2 Å². The van der Waals surface area contributed by atoms with Gasteiger partial charge in [0.2, 0.25) is 0 Å². The maximum atomic E-state index is 11.0. The SMILES string of the molecule is Cl.Cl.O=C(C=Cc1ccc(N[C@@H]2CCCN(C3CCCCC3)C2)nc1)NO. The van der Waals surface area contributed by atoms with Crippen LogP contribution in [-0.2, 0) is 4.79 Å². The standard InChI is InChI=1S/C19H28N4O2.2ClH/c24-19(22-25)11-9-15-8-10-18(20-13-15)21-16-5-4-12-23(14-16)17-6-2-1-3-7-17;;/h8-11,13,16-17,25H,1-7,12,14H2,(H,20,21)(H,22,24);2*1H/t16-;;/m1../s1. The topological polar surface area (TPSA) is 77.5 Å². The smallest absolute Gasteiger partial charge is 0.267 e. The minimum absolute atomic E-state index is 0. The molecule has 1 aliphatic carbocycles. The van der Waals surface area contributed by atoms with Gasteiger partial charge in [-0.25, -0.2) is 10.5 Å². The number of likely N-dealkylation sites (tertiary alicyclic amines) is 1. The van der Waals surface area contributed by atoms with Crippen LogP contribution in [0.15, 0.2) is 24.4 Å². The molecule has 1 saturated carbocycles. The third kappa shape index (κ3) is 7.30. The summed E-state index contributed by atoms with van der Waals surface area (Å²) in [6, 6.07) is 5.08. The van der Waals surface area contributed by atoms with E-state index in [0.717, 1.165) is 24.0 Å². The zero-order valence-electron chi connectivity index (χ0n) is 15.5. The third-order valence-corrected chi connectivity index (χ3v) is 5.22. The molecule has 0 unspecified atom stereocenters. The van der Waals surface area contributed by atoms with Gasteiger partial charge in [0.15, 0.2) is 0 Å². The Balaban J connectivity index is 0.00000182. The van der Waals surface area contributed by atoms with Crippen LogP contribution in [0.3, 0.4) is 0 Å². The predicted octanol–water partition coefficient (Wildman–Crippen LogP) is 3.65.